The Morgan fingerprint density at radius 1 is 1.00 bits per heavy atom. The summed E-state index contributed by atoms with van der Waals surface area (Å²) in [5.74, 6) is 0. The summed E-state index contributed by atoms with van der Waals surface area (Å²) in [6, 6.07) is 0. The van der Waals surface area contributed by atoms with E-state index in [0.717, 1.165) is 5.41 Å². The molecular formula is C16H30N+. The van der Waals surface area contributed by atoms with E-state index in [1.807, 2.05) is 0 Å². The smallest absolute Gasteiger partial charge is 0.142 e. The van der Waals surface area contributed by atoms with E-state index < -0.39 is 0 Å². The van der Waals surface area contributed by atoms with E-state index in [4.69, 9.17) is 0 Å². The van der Waals surface area contributed by atoms with E-state index in [-0.39, 0.29) is 0 Å². The Morgan fingerprint density at radius 2 is 1.76 bits per heavy atom. The Labute approximate surface area is 107 Å². The van der Waals surface area contributed by atoms with Crippen molar-refractivity contribution in [1.82, 2.24) is 0 Å². The number of hydrogen-bond donors (Lipinski definition) is 0. The first-order valence-electron chi connectivity index (χ1n) is 7.86. The van der Waals surface area contributed by atoms with Crippen LogP contribution in [0.15, 0.2) is 0 Å². The molecule has 0 radical (unpaired) electrons. The standard InChI is InChI=1S/C16H30N/c1-16(10-8-11-16)12-9-15-17-13-6-4-2-3-5-7-14-17/h13H,2-12,14-15H2,1H3/q+1. The lowest BCUT2D eigenvalue weighted by atomic mass is 9.68. The van der Waals surface area contributed by atoms with Crippen LogP contribution in [0.1, 0.15) is 77.6 Å². The maximum atomic E-state index is 2.62. The van der Waals surface area contributed by atoms with Gasteiger partial charge in [0.25, 0.3) is 0 Å². The van der Waals surface area contributed by atoms with Crippen molar-refractivity contribution in [2.75, 3.05) is 13.1 Å². The molecule has 0 atom stereocenters. The number of hydrogen-bond acceptors (Lipinski definition) is 0. The third-order valence-corrected chi connectivity index (χ3v) is 4.82. The molecule has 0 aromatic heterocycles. The van der Waals surface area contributed by atoms with Gasteiger partial charge in [-0.1, -0.05) is 26.2 Å². The summed E-state index contributed by atoms with van der Waals surface area (Å²) in [5.41, 5.74) is 0.722. The van der Waals surface area contributed by atoms with Crippen LogP contribution in [0.5, 0.6) is 0 Å². The minimum Gasteiger partial charge on any atom is -0.240 e. The highest BCUT2D eigenvalue weighted by Crippen LogP contribution is 2.43. The van der Waals surface area contributed by atoms with Crippen LogP contribution >= 0.6 is 0 Å². The minimum absolute atomic E-state index is 0.722. The molecule has 0 aromatic carbocycles. The van der Waals surface area contributed by atoms with E-state index in [0.29, 0.717) is 0 Å². The second-order valence-electron chi connectivity index (χ2n) is 6.54. The minimum atomic E-state index is 0.722. The van der Waals surface area contributed by atoms with Crippen LogP contribution in [0, 0.1) is 5.41 Å². The molecule has 17 heavy (non-hydrogen) atoms. The molecule has 98 valence electrons. The molecule has 1 nitrogen and oxygen atoms in total. The summed E-state index contributed by atoms with van der Waals surface area (Å²) >= 11 is 0. The molecule has 0 saturated heterocycles. The third kappa shape index (κ3) is 4.44. The lowest BCUT2D eigenvalue weighted by Gasteiger charge is -2.38. The van der Waals surface area contributed by atoms with Gasteiger partial charge in [0, 0.05) is 19.3 Å². The molecule has 0 N–H and O–H groups in total. The van der Waals surface area contributed by atoms with Crippen LogP contribution in [0.25, 0.3) is 0 Å². The Bertz CT molecular complexity index is 250. The van der Waals surface area contributed by atoms with Crippen LogP contribution in [0.4, 0.5) is 0 Å². The zero-order chi connectivity index (χ0) is 12.0. The second-order valence-corrected chi connectivity index (χ2v) is 6.54. The molecule has 0 bridgehead atoms. The first-order valence-corrected chi connectivity index (χ1v) is 7.86. The largest absolute Gasteiger partial charge is 0.240 e. The van der Waals surface area contributed by atoms with Gasteiger partial charge in [-0.05, 0) is 37.5 Å². The summed E-state index contributed by atoms with van der Waals surface area (Å²) in [6.07, 6.45) is 18.3. The highest BCUT2D eigenvalue weighted by molar-refractivity contribution is 5.50. The average molecular weight is 236 g/mol. The first kappa shape index (κ1) is 13.1. The average Bonchev–Trinajstić information content (AvgIpc) is 2.41. The SMILES string of the molecule is CC1(CCC[N+]2=CCCCCCCC2)CCC1. The van der Waals surface area contributed by atoms with Crippen LogP contribution in [-0.2, 0) is 0 Å². The Hall–Kier alpha value is -0.330. The van der Waals surface area contributed by atoms with Gasteiger partial charge in [0.05, 0.1) is 0 Å². The van der Waals surface area contributed by atoms with Crippen molar-refractivity contribution in [3.8, 4) is 0 Å². The molecule has 0 unspecified atom stereocenters. The zero-order valence-corrected chi connectivity index (χ0v) is 11.7. The maximum absolute atomic E-state index is 2.62. The van der Waals surface area contributed by atoms with Gasteiger partial charge in [-0.2, -0.15) is 0 Å². The number of rotatable bonds is 4. The summed E-state index contributed by atoms with van der Waals surface area (Å²) in [6.45, 7) is 5.12. The van der Waals surface area contributed by atoms with Crippen LogP contribution < -0.4 is 0 Å². The Kier molecular flexibility index (Phi) is 5.06. The summed E-state index contributed by atoms with van der Waals surface area (Å²) in [4.78, 5) is 0. The summed E-state index contributed by atoms with van der Waals surface area (Å²) in [7, 11) is 0. The van der Waals surface area contributed by atoms with Gasteiger partial charge < -0.3 is 0 Å². The van der Waals surface area contributed by atoms with Crippen LogP contribution in [-0.4, -0.2) is 23.9 Å². The fourth-order valence-corrected chi connectivity index (χ4v) is 3.30. The van der Waals surface area contributed by atoms with Gasteiger partial charge in [0.15, 0.2) is 0 Å². The van der Waals surface area contributed by atoms with E-state index in [2.05, 4.69) is 17.7 Å². The molecule has 1 aliphatic heterocycles. The lowest BCUT2D eigenvalue weighted by Crippen LogP contribution is -2.27. The molecule has 1 fully saturated rings. The van der Waals surface area contributed by atoms with Crippen molar-refractivity contribution < 1.29 is 4.58 Å². The van der Waals surface area contributed by atoms with Crippen molar-refractivity contribution >= 4 is 6.21 Å². The zero-order valence-electron chi connectivity index (χ0n) is 11.7. The molecule has 1 saturated carbocycles. The number of nitrogens with zero attached hydrogens (tertiary/aromatic N) is 1. The topological polar surface area (TPSA) is 3.01 Å². The molecule has 0 amide bonds. The first-order chi connectivity index (χ1) is 8.29. The molecule has 1 aliphatic carbocycles. The normalized spacial score (nSPS) is 25.1. The van der Waals surface area contributed by atoms with Gasteiger partial charge in [-0.25, -0.2) is 4.58 Å². The van der Waals surface area contributed by atoms with Crippen molar-refractivity contribution in [2.24, 2.45) is 5.41 Å². The third-order valence-electron chi connectivity index (χ3n) is 4.82. The molecule has 0 aromatic rings. The fourth-order valence-electron chi connectivity index (χ4n) is 3.30. The molecule has 2 aliphatic rings. The van der Waals surface area contributed by atoms with Gasteiger partial charge in [-0.15, -0.1) is 0 Å². The van der Waals surface area contributed by atoms with Gasteiger partial charge in [0.2, 0.25) is 0 Å². The van der Waals surface area contributed by atoms with Gasteiger partial charge in [-0.3, -0.25) is 0 Å². The fraction of sp³-hybridized carbons (Fsp3) is 0.938. The monoisotopic (exact) mass is 236 g/mol. The second kappa shape index (κ2) is 6.56. The van der Waals surface area contributed by atoms with Crippen molar-refractivity contribution in [3.05, 3.63) is 0 Å². The van der Waals surface area contributed by atoms with E-state index in [1.54, 1.807) is 0 Å². The molecule has 0 spiro atoms. The summed E-state index contributed by atoms with van der Waals surface area (Å²) < 4.78 is 2.62. The maximum Gasteiger partial charge on any atom is 0.142 e. The Morgan fingerprint density at radius 3 is 2.53 bits per heavy atom. The Balaban J connectivity index is 1.68. The molecule has 1 heterocycles. The van der Waals surface area contributed by atoms with Gasteiger partial charge in [0.1, 0.15) is 19.3 Å². The van der Waals surface area contributed by atoms with Gasteiger partial charge >= 0.3 is 0 Å². The van der Waals surface area contributed by atoms with Crippen LogP contribution in [0.2, 0.25) is 0 Å². The highest BCUT2D eigenvalue weighted by Gasteiger charge is 2.31. The molecule has 2 rings (SSSR count). The van der Waals surface area contributed by atoms with Crippen molar-refractivity contribution in [1.29, 1.82) is 0 Å². The van der Waals surface area contributed by atoms with Crippen molar-refractivity contribution in [3.63, 3.8) is 0 Å². The van der Waals surface area contributed by atoms with E-state index in [9.17, 15) is 0 Å². The highest BCUT2D eigenvalue weighted by atomic mass is 15.0. The molecule has 1 heteroatoms. The van der Waals surface area contributed by atoms with Crippen molar-refractivity contribution in [2.45, 2.75) is 77.6 Å². The van der Waals surface area contributed by atoms with Crippen LogP contribution in [0.3, 0.4) is 0 Å². The predicted octanol–water partition coefficient (Wildman–Crippen LogP) is 4.39. The van der Waals surface area contributed by atoms with E-state index in [1.165, 1.54) is 83.7 Å². The summed E-state index contributed by atoms with van der Waals surface area (Å²) in [5, 5.41) is 0. The molecular weight excluding hydrogens is 206 g/mol. The lowest BCUT2D eigenvalue weighted by molar-refractivity contribution is -0.525. The van der Waals surface area contributed by atoms with E-state index >= 15 is 0 Å². The predicted molar refractivity (Wildman–Crippen MR) is 75.0 cm³/mol. The quantitative estimate of drug-likeness (QED) is 0.637.